The van der Waals surface area contributed by atoms with Crippen molar-refractivity contribution in [3.8, 4) is 11.1 Å². The van der Waals surface area contributed by atoms with E-state index in [2.05, 4.69) is 9.97 Å². The number of nitrogens with zero attached hydrogens (tertiary/aromatic N) is 2. The molecule has 1 aromatic heterocycles. The number of aromatic nitrogens is 2. The summed E-state index contributed by atoms with van der Waals surface area (Å²) in [5.41, 5.74) is 3.20. The third-order valence-corrected chi connectivity index (χ3v) is 5.11. The average Bonchev–Trinajstić information content (AvgIpc) is 2.77. The summed E-state index contributed by atoms with van der Waals surface area (Å²) in [5, 5.41) is 0.542. The molecular weight excluding hydrogens is 374 g/mol. The van der Waals surface area contributed by atoms with Gasteiger partial charge in [0, 0.05) is 11.6 Å². The Hall–Kier alpha value is -3.73. The van der Waals surface area contributed by atoms with Crippen LogP contribution in [-0.2, 0) is 6.54 Å². The van der Waals surface area contributed by atoms with Crippen LogP contribution in [0.5, 0.6) is 0 Å². The minimum atomic E-state index is -0.195. The van der Waals surface area contributed by atoms with Gasteiger partial charge >= 0.3 is 0 Å². The van der Waals surface area contributed by atoms with Crippen LogP contribution in [0, 0.1) is 0 Å². The van der Waals surface area contributed by atoms with Crippen LogP contribution >= 0.6 is 0 Å². The molecule has 0 unspecified atom stereocenters. The van der Waals surface area contributed by atoms with Gasteiger partial charge in [-0.2, -0.15) is 0 Å². The number of H-pyrrole nitrogens is 1. The Labute approximate surface area is 175 Å². The maximum atomic E-state index is 13.2. The van der Waals surface area contributed by atoms with E-state index >= 15 is 0 Å². The third kappa shape index (κ3) is 4.01. The summed E-state index contributed by atoms with van der Waals surface area (Å²) >= 11 is 0. The highest BCUT2D eigenvalue weighted by Crippen LogP contribution is 2.20. The molecule has 0 aliphatic carbocycles. The SMILES string of the molecule is CC(C)N(Cc1nc2ccccc2c(=O)[nH]1)C(=O)c1ccc(-c2ccccc2)cc1. The van der Waals surface area contributed by atoms with Crippen LogP contribution in [0.3, 0.4) is 0 Å². The summed E-state index contributed by atoms with van der Waals surface area (Å²) in [6.45, 7) is 4.14. The van der Waals surface area contributed by atoms with Gasteiger partial charge in [-0.05, 0) is 49.2 Å². The van der Waals surface area contributed by atoms with Crippen LogP contribution in [0.1, 0.15) is 30.0 Å². The number of hydrogen-bond donors (Lipinski definition) is 1. The van der Waals surface area contributed by atoms with E-state index in [1.54, 1.807) is 17.0 Å². The van der Waals surface area contributed by atoms with Crippen molar-refractivity contribution in [2.45, 2.75) is 26.4 Å². The van der Waals surface area contributed by atoms with Gasteiger partial charge in [-0.1, -0.05) is 54.6 Å². The first-order chi connectivity index (χ1) is 14.5. The Balaban J connectivity index is 1.60. The molecule has 4 aromatic rings. The van der Waals surface area contributed by atoms with Crippen LogP contribution in [0.15, 0.2) is 83.7 Å². The van der Waals surface area contributed by atoms with Crippen molar-refractivity contribution in [2.75, 3.05) is 0 Å². The van der Waals surface area contributed by atoms with Crippen molar-refractivity contribution >= 4 is 16.8 Å². The highest BCUT2D eigenvalue weighted by Gasteiger charge is 2.20. The van der Waals surface area contributed by atoms with Crippen LogP contribution in [0.2, 0.25) is 0 Å². The predicted molar refractivity (Wildman–Crippen MR) is 119 cm³/mol. The Morgan fingerprint density at radius 3 is 2.23 bits per heavy atom. The summed E-state index contributed by atoms with van der Waals surface area (Å²) in [7, 11) is 0. The Kier molecular flexibility index (Phi) is 5.44. The first-order valence-electron chi connectivity index (χ1n) is 9.97. The van der Waals surface area contributed by atoms with Gasteiger partial charge in [-0.25, -0.2) is 4.98 Å². The van der Waals surface area contributed by atoms with Gasteiger partial charge in [0.25, 0.3) is 11.5 Å². The molecule has 0 fully saturated rings. The number of para-hydroxylation sites is 1. The van der Waals surface area contributed by atoms with Crippen molar-refractivity contribution in [1.82, 2.24) is 14.9 Å². The molecule has 1 N–H and O–H groups in total. The lowest BCUT2D eigenvalue weighted by molar-refractivity contribution is 0.0685. The highest BCUT2D eigenvalue weighted by molar-refractivity contribution is 5.95. The number of carbonyl (C=O) groups is 1. The molecule has 30 heavy (non-hydrogen) atoms. The second kappa shape index (κ2) is 8.33. The molecule has 4 rings (SSSR count). The second-order valence-corrected chi connectivity index (χ2v) is 7.50. The first-order valence-corrected chi connectivity index (χ1v) is 9.97. The van der Waals surface area contributed by atoms with Crippen LogP contribution in [-0.4, -0.2) is 26.8 Å². The lowest BCUT2D eigenvalue weighted by Gasteiger charge is -2.26. The molecular formula is C25H23N3O2. The van der Waals surface area contributed by atoms with Gasteiger partial charge in [0.05, 0.1) is 17.4 Å². The molecule has 0 spiro atoms. The fourth-order valence-corrected chi connectivity index (χ4v) is 3.46. The van der Waals surface area contributed by atoms with Gasteiger partial charge in [0.1, 0.15) is 5.82 Å². The fourth-order valence-electron chi connectivity index (χ4n) is 3.46. The monoisotopic (exact) mass is 397 g/mol. The standard InChI is InChI=1S/C25H23N3O2/c1-17(2)28(16-23-26-22-11-7-6-10-21(22)24(29)27-23)25(30)20-14-12-19(13-15-20)18-8-4-3-5-9-18/h3-15,17H,16H2,1-2H3,(H,26,27,29). The quantitative estimate of drug-likeness (QED) is 0.533. The lowest BCUT2D eigenvalue weighted by Crippen LogP contribution is -2.37. The highest BCUT2D eigenvalue weighted by atomic mass is 16.2. The molecule has 0 bridgehead atoms. The lowest BCUT2D eigenvalue weighted by atomic mass is 10.0. The number of rotatable bonds is 5. The van der Waals surface area contributed by atoms with Crippen molar-refractivity contribution in [2.24, 2.45) is 0 Å². The van der Waals surface area contributed by atoms with Gasteiger partial charge in [-0.15, -0.1) is 0 Å². The van der Waals surface area contributed by atoms with Crippen molar-refractivity contribution in [1.29, 1.82) is 0 Å². The predicted octanol–water partition coefficient (Wildman–Crippen LogP) is 4.64. The molecule has 1 amide bonds. The number of amides is 1. The van der Waals surface area contributed by atoms with E-state index in [0.717, 1.165) is 11.1 Å². The number of aromatic amines is 1. The summed E-state index contributed by atoms with van der Waals surface area (Å²) in [6, 6.07) is 24.8. The summed E-state index contributed by atoms with van der Waals surface area (Å²) in [4.78, 5) is 34.6. The van der Waals surface area contributed by atoms with Crippen molar-refractivity contribution in [3.63, 3.8) is 0 Å². The molecule has 5 heteroatoms. The van der Waals surface area contributed by atoms with Gasteiger partial charge < -0.3 is 9.88 Å². The van der Waals surface area contributed by atoms with E-state index in [-0.39, 0.29) is 24.1 Å². The molecule has 5 nitrogen and oxygen atoms in total. The zero-order chi connectivity index (χ0) is 21.1. The zero-order valence-corrected chi connectivity index (χ0v) is 17.0. The molecule has 150 valence electrons. The van der Waals surface area contributed by atoms with E-state index < -0.39 is 0 Å². The number of nitrogens with one attached hydrogen (secondary N) is 1. The van der Waals surface area contributed by atoms with E-state index in [0.29, 0.717) is 22.3 Å². The maximum absolute atomic E-state index is 13.2. The molecule has 1 heterocycles. The first kappa shape index (κ1) is 19.6. The molecule has 0 aliphatic rings. The fraction of sp³-hybridized carbons (Fsp3) is 0.160. The Bertz CT molecular complexity index is 1230. The van der Waals surface area contributed by atoms with Gasteiger partial charge in [0.2, 0.25) is 0 Å². The third-order valence-electron chi connectivity index (χ3n) is 5.11. The summed E-state index contributed by atoms with van der Waals surface area (Å²) < 4.78 is 0. The number of hydrogen-bond acceptors (Lipinski definition) is 3. The molecule has 0 aliphatic heterocycles. The van der Waals surface area contributed by atoms with E-state index in [1.807, 2.05) is 80.6 Å². The largest absolute Gasteiger partial charge is 0.329 e. The second-order valence-electron chi connectivity index (χ2n) is 7.50. The van der Waals surface area contributed by atoms with E-state index in [1.165, 1.54) is 0 Å². The van der Waals surface area contributed by atoms with Crippen LogP contribution < -0.4 is 5.56 Å². The minimum Gasteiger partial charge on any atom is -0.329 e. The average molecular weight is 397 g/mol. The minimum absolute atomic E-state index is 0.0527. The van der Waals surface area contributed by atoms with Gasteiger partial charge in [-0.3, -0.25) is 9.59 Å². The molecule has 3 aromatic carbocycles. The zero-order valence-electron chi connectivity index (χ0n) is 17.0. The van der Waals surface area contributed by atoms with Crippen LogP contribution in [0.25, 0.3) is 22.0 Å². The van der Waals surface area contributed by atoms with Gasteiger partial charge in [0.15, 0.2) is 0 Å². The normalized spacial score (nSPS) is 11.0. The Morgan fingerprint density at radius 2 is 1.53 bits per heavy atom. The molecule has 0 saturated carbocycles. The molecule has 0 radical (unpaired) electrons. The maximum Gasteiger partial charge on any atom is 0.258 e. The van der Waals surface area contributed by atoms with Crippen LogP contribution in [0.4, 0.5) is 0 Å². The Morgan fingerprint density at radius 1 is 0.900 bits per heavy atom. The van der Waals surface area contributed by atoms with Crippen molar-refractivity contribution < 1.29 is 4.79 Å². The van der Waals surface area contributed by atoms with Crippen molar-refractivity contribution in [3.05, 3.63) is 101 Å². The molecule has 0 saturated heterocycles. The summed E-state index contributed by atoms with van der Waals surface area (Å²) in [5.74, 6) is 0.377. The topological polar surface area (TPSA) is 66.1 Å². The van der Waals surface area contributed by atoms with E-state index in [9.17, 15) is 9.59 Å². The number of benzene rings is 3. The number of carbonyl (C=O) groups excluding carboxylic acids is 1. The van der Waals surface area contributed by atoms with E-state index in [4.69, 9.17) is 0 Å². The summed E-state index contributed by atoms with van der Waals surface area (Å²) in [6.07, 6.45) is 0. The molecule has 0 atom stereocenters. The number of fused-ring (bicyclic) bond motifs is 1. The smallest absolute Gasteiger partial charge is 0.258 e.